The number of nitro groups is 1. The molecule has 3 rings (SSSR count). The Morgan fingerprint density at radius 2 is 1.92 bits per heavy atom. The Morgan fingerprint density at radius 3 is 2.58 bits per heavy atom. The molecule has 24 heavy (non-hydrogen) atoms. The van der Waals surface area contributed by atoms with Crippen molar-refractivity contribution in [2.45, 2.75) is 12.1 Å². The van der Waals surface area contributed by atoms with Gasteiger partial charge in [0, 0.05) is 20.5 Å². The van der Waals surface area contributed by atoms with Gasteiger partial charge in [-0.15, -0.1) is 0 Å². The van der Waals surface area contributed by atoms with E-state index in [-0.39, 0.29) is 17.1 Å². The summed E-state index contributed by atoms with van der Waals surface area (Å²) in [6, 6.07) is 11.5. The molecule has 8 heteroatoms. The molecule has 1 N–H and O–H groups in total. The molecule has 1 atom stereocenters. The first-order valence-corrected chi connectivity index (χ1v) is 7.78. The number of hydrogen-bond acceptors (Lipinski definition) is 4. The lowest BCUT2D eigenvalue weighted by Crippen LogP contribution is -2.44. The minimum atomic E-state index is -2.25. The van der Waals surface area contributed by atoms with Gasteiger partial charge in [0.05, 0.1) is 12.2 Å². The summed E-state index contributed by atoms with van der Waals surface area (Å²) >= 11 is 12.1. The van der Waals surface area contributed by atoms with Crippen molar-refractivity contribution in [3.8, 4) is 0 Å². The smallest absolute Gasteiger partial charge is 0.271 e. The average Bonchev–Trinajstić information content (AvgIpc) is 2.71. The summed E-state index contributed by atoms with van der Waals surface area (Å²) < 4.78 is 0. The second-order valence-corrected chi connectivity index (χ2v) is 6.34. The van der Waals surface area contributed by atoms with Crippen LogP contribution in [-0.2, 0) is 16.9 Å². The number of anilines is 1. The first-order valence-electron chi connectivity index (χ1n) is 7.02. The van der Waals surface area contributed by atoms with Crippen LogP contribution in [0.1, 0.15) is 11.1 Å². The second kappa shape index (κ2) is 6.05. The van der Waals surface area contributed by atoms with Crippen molar-refractivity contribution in [3.63, 3.8) is 0 Å². The Bertz CT molecular complexity index is 843. The lowest BCUT2D eigenvalue weighted by Gasteiger charge is -2.20. The molecule has 0 radical (unpaired) electrons. The third kappa shape index (κ3) is 2.73. The summed E-state index contributed by atoms with van der Waals surface area (Å²) in [4.78, 5) is 24.2. The van der Waals surface area contributed by atoms with Gasteiger partial charge >= 0.3 is 0 Å². The van der Waals surface area contributed by atoms with Crippen molar-refractivity contribution in [2.24, 2.45) is 0 Å². The predicted molar refractivity (Wildman–Crippen MR) is 89.9 cm³/mol. The molecule has 0 saturated heterocycles. The standard InChI is InChI=1S/C16H12Cl2N2O4/c17-11-5-6-14-12(7-11)16(22,9-20(23)24)15(21)19(14)8-10-3-1-2-4-13(10)18/h1-7,22H,8-9H2. The van der Waals surface area contributed by atoms with Crippen LogP contribution < -0.4 is 4.90 Å². The van der Waals surface area contributed by atoms with Gasteiger partial charge in [-0.05, 0) is 29.8 Å². The highest BCUT2D eigenvalue weighted by Crippen LogP contribution is 2.42. The molecular formula is C16H12Cl2N2O4. The van der Waals surface area contributed by atoms with Crippen LogP contribution in [0.3, 0.4) is 0 Å². The molecule has 2 aromatic carbocycles. The van der Waals surface area contributed by atoms with E-state index < -0.39 is 23.0 Å². The Hall–Kier alpha value is -2.15. The van der Waals surface area contributed by atoms with E-state index >= 15 is 0 Å². The normalized spacial score (nSPS) is 19.5. The Labute approximate surface area is 147 Å². The fraction of sp³-hybridized carbons (Fsp3) is 0.188. The van der Waals surface area contributed by atoms with Gasteiger partial charge in [-0.2, -0.15) is 0 Å². The Morgan fingerprint density at radius 1 is 1.21 bits per heavy atom. The van der Waals surface area contributed by atoms with Crippen LogP contribution in [0.25, 0.3) is 0 Å². The van der Waals surface area contributed by atoms with Gasteiger partial charge in [-0.1, -0.05) is 41.4 Å². The molecule has 1 aliphatic rings. The second-order valence-electron chi connectivity index (χ2n) is 5.50. The van der Waals surface area contributed by atoms with Crippen molar-refractivity contribution < 1.29 is 14.8 Å². The maximum absolute atomic E-state index is 12.7. The monoisotopic (exact) mass is 366 g/mol. The molecule has 6 nitrogen and oxygen atoms in total. The summed E-state index contributed by atoms with van der Waals surface area (Å²) in [6.07, 6.45) is 0. The number of benzene rings is 2. The topological polar surface area (TPSA) is 83.7 Å². The van der Waals surface area contributed by atoms with Gasteiger partial charge < -0.3 is 10.0 Å². The fourth-order valence-electron chi connectivity index (χ4n) is 2.82. The molecule has 0 aliphatic carbocycles. The zero-order chi connectivity index (χ0) is 17.5. The summed E-state index contributed by atoms with van der Waals surface area (Å²) in [6.45, 7) is -0.842. The van der Waals surface area contributed by atoms with Gasteiger partial charge in [-0.3, -0.25) is 14.9 Å². The predicted octanol–water partition coefficient (Wildman–Crippen LogP) is 3.00. The number of rotatable bonds is 4. The third-order valence-electron chi connectivity index (χ3n) is 3.94. The van der Waals surface area contributed by atoms with E-state index in [0.29, 0.717) is 16.3 Å². The molecule has 1 aliphatic heterocycles. The van der Waals surface area contributed by atoms with Gasteiger partial charge in [0.25, 0.3) is 5.91 Å². The molecule has 1 amide bonds. The molecule has 2 aromatic rings. The zero-order valence-electron chi connectivity index (χ0n) is 12.3. The molecule has 1 unspecified atom stereocenters. The number of amides is 1. The number of hydrogen-bond donors (Lipinski definition) is 1. The van der Waals surface area contributed by atoms with Gasteiger partial charge in [-0.25, -0.2) is 0 Å². The first-order chi connectivity index (χ1) is 11.3. The fourth-order valence-corrected chi connectivity index (χ4v) is 3.18. The van der Waals surface area contributed by atoms with Crippen LogP contribution >= 0.6 is 23.2 Å². The van der Waals surface area contributed by atoms with Gasteiger partial charge in [0.2, 0.25) is 12.1 Å². The molecule has 1 heterocycles. The van der Waals surface area contributed by atoms with E-state index in [1.165, 1.54) is 11.0 Å². The zero-order valence-corrected chi connectivity index (χ0v) is 13.8. The van der Waals surface area contributed by atoms with E-state index in [9.17, 15) is 20.0 Å². The summed E-state index contributed by atoms with van der Waals surface area (Å²) in [7, 11) is 0. The maximum Gasteiger partial charge on any atom is 0.271 e. The summed E-state index contributed by atoms with van der Waals surface area (Å²) in [5, 5.41) is 22.4. The van der Waals surface area contributed by atoms with Crippen molar-refractivity contribution in [1.82, 2.24) is 0 Å². The molecule has 0 aromatic heterocycles. The number of fused-ring (bicyclic) bond motifs is 1. The van der Waals surface area contributed by atoms with Crippen molar-refractivity contribution in [1.29, 1.82) is 0 Å². The largest absolute Gasteiger partial charge is 0.370 e. The van der Waals surface area contributed by atoms with Gasteiger partial charge in [0.15, 0.2) is 0 Å². The summed E-state index contributed by atoms with van der Waals surface area (Å²) in [5.74, 6) is -0.767. The molecule has 0 saturated carbocycles. The number of carbonyl (C=O) groups excluding carboxylic acids is 1. The number of carbonyl (C=O) groups is 1. The molecule has 0 spiro atoms. The first kappa shape index (κ1) is 16.7. The molecule has 124 valence electrons. The number of nitrogens with zero attached hydrogens (tertiary/aromatic N) is 2. The van der Waals surface area contributed by atoms with Gasteiger partial charge in [0.1, 0.15) is 0 Å². The van der Waals surface area contributed by atoms with E-state index in [2.05, 4.69) is 0 Å². The van der Waals surface area contributed by atoms with E-state index in [1.54, 1.807) is 36.4 Å². The number of halogens is 2. The lowest BCUT2D eigenvalue weighted by atomic mass is 9.95. The average molecular weight is 367 g/mol. The lowest BCUT2D eigenvalue weighted by molar-refractivity contribution is -0.498. The molecule has 0 fully saturated rings. The van der Waals surface area contributed by atoms with E-state index in [1.807, 2.05) is 0 Å². The molecule has 0 bridgehead atoms. The van der Waals surface area contributed by atoms with Crippen LogP contribution in [0.4, 0.5) is 5.69 Å². The Kier molecular flexibility index (Phi) is 4.21. The highest BCUT2D eigenvalue weighted by Gasteiger charge is 2.53. The van der Waals surface area contributed by atoms with Crippen LogP contribution in [0.15, 0.2) is 42.5 Å². The molecular weight excluding hydrogens is 355 g/mol. The van der Waals surface area contributed by atoms with Crippen molar-refractivity contribution in [2.75, 3.05) is 11.4 Å². The van der Waals surface area contributed by atoms with Crippen LogP contribution in [0, 0.1) is 10.1 Å². The minimum absolute atomic E-state index is 0.0904. The SMILES string of the molecule is O=C1N(Cc2ccccc2Cl)c2ccc(Cl)cc2C1(O)C[N+](=O)[O-]. The van der Waals surface area contributed by atoms with Crippen molar-refractivity contribution in [3.05, 3.63) is 73.8 Å². The highest BCUT2D eigenvalue weighted by molar-refractivity contribution is 6.31. The van der Waals surface area contributed by atoms with E-state index in [4.69, 9.17) is 23.2 Å². The van der Waals surface area contributed by atoms with Crippen LogP contribution in [0.5, 0.6) is 0 Å². The quantitative estimate of drug-likeness (QED) is 0.665. The van der Waals surface area contributed by atoms with Crippen LogP contribution in [0.2, 0.25) is 10.0 Å². The van der Waals surface area contributed by atoms with Crippen molar-refractivity contribution >= 4 is 34.8 Å². The summed E-state index contributed by atoms with van der Waals surface area (Å²) in [5.41, 5.74) is -1.07. The number of aliphatic hydroxyl groups is 1. The third-order valence-corrected chi connectivity index (χ3v) is 4.54. The van der Waals surface area contributed by atoms with E-state index in [0.717, 1.165) is 0 Å². The Balaban J connectivity index is 2.08. The minimum Gasteiger partial charge on any atom is -0.370 e. The maximum atomic E-state index is 12.7. The van der Waals surface area contributed by atoms with Crippen LogP contribution in [-0.4, -0.2) is 22.5 Å². The highest BCUT2D eigenvalue weighted by atomic mass is 35.5.